The minimum atomic E-state index is 0.317. The van der Waals surface area contributed by atoms with Gasteiger partial charge in [-0.1, -0.05) is 25.7 Å². The van der Waals surface area contributed by atoms with Crippen molar-refractivity contribution in [2.75, 3.05) is 0 Å². The highest BCUT2D eigenvalue weighted by atomic mass is 32.1. The van der Waals surface area contributed by atoms with Crippen molar-refractivity contribution in [2.45, 2.75) is 13.8 Å². The van der Waals surface area contributed by atoms with Crippen LogP contribution in [0.15, 0.2) is 12.1 Å². The second-order valence-corrected chi connectivity index (χ2v) is 4.19. The van der Waals surface area contributed by atoms with Gasteiger partial charge in [0.2, 0.25) is 0 Å². The maximum absolute atomic E-state index is 8.91. The summed E-state index contributed by atoms with van der Waals surface area (Å²) in [5, 5.41) is 8.91. The monoisotopic (exact) mass is 227 g/mol. The molecular weight excluding hydrogens is 218 g/mol. The molecule has 4 heteroatoms. The Morgan fingerprint density at radius 2 is 1.81 bits per heavy atom. The van der Waals surface area contributed by atoms with Gasteiger partial charge in [0.15, 0.2) is 0 Å². The van der Waals surface area contributed by atoms with Gasteiger partial charge in [-0.05, 0) is 12.1 Å². The summed E-state index contributed by atoms with van der Waals surface area (Å²) in [6.07, 6.45) is 0. The average molecular weight is 227 g/mol. The third kappa shape index (κ3) is 1.88. The number of benzene rings is 1. The molecule has 0 saturated heterocycles. The average Bonchev–Trinajstić information content (AvgIpc) is 2.74. The second-order valence-electron chi connectivity index (χ2n) is 3.66. The first-order valence-corrected chi connectivity index (χ1v) is 5.62. The fourth-order valence-corrected chi connectivity index (χ4v) is 1.85. The largest absolute Gasteiger partial charge is 0.192 e. The highest BCUT2D eigenvalue weighted by Gasteiger charge is 2.08. The number of fused-ring (bicyclic) bond motifs is 1. The molecular formula is C12H9N3S. The maximum Gasteiger partial charge on any atom is 0.123 e. The summed E-state index contributed by atoms with van der Waals surface area (Å²) in [5.41, 5.74) is 2.79. The van der Waals surface area contributed by atoms with E-state index in [0.29, 0.717) is 17.0 Å². The van der Waals surface area contributed by atoms with E-state index >= 15 is 0 Å². The fourth-order valence-electron chi connectivity index (χ4n) is 1.28. The Bertz CT molecular complexity index is 623. The number of nitrogens with zero attached hydrogens (tertiary/aromatic N) is 3. The predicted molar refractivity (Wildman–Crippen MR) is 63.8 cm³/mol. The first kappa shape index (κ1) is 10.6. The molecule has 1 aromatic carbocycles. The SMILES string of the molecule is CC(C)C#Cc1ccc(C#N)c2nsnc12. The minimum Gasteiger partial charge on any atom is -0.192 e. The molecule has 0 radical (unpaired) electrons. The Morgan fingerprint density at radius 3 is 2.44 bits per heavy atom. The Balaban J connectivity index is 2.63. The van der Waals surface area contributed by atoms with Crippen LogP contribution in [0.1, 0.15) is 25.0 Å². The Kier molecular flexibility index (Phi) is 2.85. The zero-order valence-electron chi connectivity index (χ0n) is 8.98. The number of nitriles is 1. The molecule has 0 spiro atoms. The summed E-state index contributed by atoms with van der Waals surface area (Å²) in [4.78, 5) is 0. The third-order valence-electron chi connectivity index (χ3n) is 2.03. The molecule has 0 unspecified atom stereocenters. The van der Waals surface area contributed by atoms with E-state index in [-0.39, 0.29) is 0 Å². The molecule has 0 aliphatic carbocycles. The smallest absolute Gasteiger partial charge is 0.123 e. The molecule has 2 rings (SSSR count). The zero-order valence-corrected chi connectivity index (χ0v) is 9.80. The minimum absolute atomic E-state index is 0.317. The zero-order chi connectivity index (χ0) is 11.5. The van der Waals surface area contributed by atoms with Crippen LogP contribution in [-0.4, -0.2) is 8.75 Å². The van der Waals surface area contributed by atoms with Crippen LogP contribution in [0.5, 0.6) is 0 Å². The number of rotatable bonds is 0. The van der Waals surface area contributed by atoms with Gasteiger partial charge in [-0.3, -0.25) is 0 Å². The summed E-state index contributed by atoms with van der Waals surface area (Å²) >= 11 is 1.11. The van der Waals surface area contributed by atoms with E-state index in [1.165, 1.54) is 0 Å². The molecule has 0 N–H and O–H groups in total. The van der Waals surface area contributed by atoms with E-state index in [4.69, 9.17) is 5.26 Å². The molecule has 1 aromatic heterocycles. The maximum atomic E-state index is 8.91. The number of aromatic nitrogens is 2. The van der Waals surface area contributed by atoms with Crippen LogP contribution in [-0.2, 0) is 0 Å². The molecule has 78 valence electrons. The first-order chi connectivity index (χ1) is 7.72. The van der Waals surface area contributed by atoms with Crippen LogP contribution in [0.2, 0.25) is 0 Å². The van der Waals surface area contributed by atoms with Gasteiger partial charge in [-0.15, -0.1) is 0 Å². The van der Waals surface area contributed by atoms with E-state index in [1.807, 2.05) is 19.9 Å². The molecule has 0 saturated carbocycles. The van der Waals surface area contributed by atoms with Crippen molar-refractivity contribution in [1.29, 1.82) is 5.26 Å². The highest BCUT2D eigenvalue weighted by molar-refractivity contribution is 7.00. The quantitative estimate of drug-likeness (QED) is 0.650. The van der Waals surface area contributed by atoms with Crippen molar-refractivity contribution in [3.8, 4) is 17.9 Å². The van der Waals surface area contributed by atoms with E-state index < -0.39 is 0 Å². The summed E-state index contributed by atoms with van der Waals surface area (Å²) in [7, 11) is 0. The highest BCUT2D eigenvalue weighted by Crippen LogP contribution is 2.19. The van der Waals surface area contributed by atoms with E-state index in [2.05, 4.69) is 26.7 Å². The molecule has 0 bridgehead atoms. The molecule has 0 amide bonds. The molecule has 2 aromatic rings. The van der Waals surface area contributed by atoms with Crippen molar-refractivity contribution < 1.29 is 0 Å². The molecule has 3 nitrogen and oxygen atoms in total. The van der Waals surface area contributed by atoms with Crippen molar-refractivity contribution in [3.63, 3.8) is 0 Å². The first-order valence-electron chi connectivity index (χ1n) is 4.89. The Morgan fingerprint density at radius 1 is 1.19 bits per heavy atom. The van der Waals surface area contributed by atoms with Crippen LogP contribution in [0.25, 0.3) is 11.0 Å². The van der Waals surface area contributed by atoms with Crippen LogP contribution in [0.4, 0.5) is 0 Å². The topological polar surface area (TPSA) is 49.6 Å². The van der Waals surface area contributed by atoms with E-state index in [0.717, 1.165) is 22.8 Å². The van der Waals surface area contributed by atoms with Crippen molar-refractivity contribution in [1.82, 2.24) is 8.75 Å². The molecule has 0 atom stereocenters. The lowest BCUT2D eigenvalue weighted by Crippen LogP contribution is -1.85. The van der Waals surface area contributed by atoms with Gasteiger partial charge in [0.25, 0.3) is 0 Å². The summed E-state index contributed by atoms with van der Waals surface area (Å²) in [5.74, 6) is 6.47. The van der Waals surface area contributed by atoms with Crippen LogP contribution in [0, 0.1) is 29.1 Å². The van der Waals surface area contributed by atoms with Gasteiger partial charge >= 0.3 is 0 Å². The molecule has 1 heterocycles. The third-order valence-corrected chi connectivity index (χ3v) is 2.56. The predicted octanol–water partition coefficient (Wildman–Crippen LogP) is 2.57. The number of hydrogen-bond acceptors (Lipinski definition) is 4. The normalized spacial score (nSPS) is 9.88. The van der Waals surface area contributed by atoms with Gasteiger partial charge in [0.05, 0.1) is 22.9 Å². The molecule has 0 fully saturated rings. The van der Waals surface area contributed by atoms with Crippen molar-refractivity contribution in [2.24, 2.45) is 5.92 Å². The summed E-state index contributed by atoms with van der Waals surface area (Å²) in [6.45, 7) is 4.07. The van der Waals surface area contributed by atoms with Crippen LogP contribution in [0.3, 0.4) is 0 Å². The molecule has 0 aliphatic heterocycles. The van der Waals surface area contributed by atoms with Gasteiger partial charge in [0.1, 0.15) is 17.1 Å². The Labute approximate surface area is 98.1 Å². The van der Waals surface area contributed by atoms with E-state index in [9.17, 15) is 0 Å². The standard InChI is InChI=1S/C12H9N3S/c1-8(2)3-4-9-5-6-10(7-13)12-11(9)14-16-15-12/h5-6,8H,1-2H3. The second kappa shape index (κ2) is 4.30. The van der Waals surface area contributed by atoms with Gasteiger partial charge in [-0.25, -0.2) is 0 Å². The van der Waals surface area contributed by atoms with Gasteiger partial charge < -0.3 is 0 Å². The summed E-state index contributed by atoms with van der Waals surface area (Å²) in [6, 6.07) is 5.68. The van der Waals surface area contributed by atoms with E-state index in [1.54, 1.807) is 6.07 Å². The summed E-state index contributed by atoms with van der Waals surface area (Å²) < 4.78 is 8.30. The van der Waals surface area contributed by atoms with Crippen molar-refractivity contribution >= 4 is 22.8 Å². The lowest BCUT2D eigenvalue weighted by Gasteiger charge is -1.94. The Hall–Kier alpha value is -1.91. The van der Waals surface area contributed by atoms with Crippen LogP contribution >= 0.6 is 11.7 Å². The fraction of sp³-hybridized carbons (Fsp3) is 0.250. The van der Waals surface area contributed by atoms with Gasteiger partial charge in [0, 0.05) is 5.92 Å². The van der Waals surface area contributed by atoms with Crippen LogP contribution < -0.4 is 0 Å². The number of hydrogen-bond donors (Lipinski definition) is 0. The lowest BCUT2D eigenvalue weighted by molar-refractivity contribution is 0.866. The van der Waals surface area contributed by atoms with Crippen molar-refractivity contribution in [3.05, 3.63) is 23.3 Å². The van der Waals surface area contributed by atoms with Gasteiger partial charge in [-0.2, -0.15) is 14.0 Å². The lowest BCUT2D eigenvalue weighted by atomic mass is 10.1. The molecule has 16 heavy (non-hydrogen) atoms. The molecule has 0 aliphatic rings.